The molecular formula is C24H50N2O. The first-order valence-electron chi connectivity index (χ1n) is 11.8. The average molecular weight is 383 g/mol. The van der Waals surface area contributed by atoms with E-state index in [0.717, 1.165) is 32.2 Å². The van der Waals surface area contributed by atoms with E-state index in [0.29, 0.717) is 0 Å². The van der Waals surface area contributed by atoms with Crippen LogP contribution in [-0.4, -0.2) is 25.4 Å². The van der Waals surface area contributed by atoms with Crippen LogP contribution in [0.4, 0.5) is 0 Å². The number of nitrogens with one attached hydrogen (secondary N) is 1. The summed E-state index contributed by atoms with van der Waals surface area (Å²) in [4.78, 5) is 10.4. The first-order chi connectivity index (χ1) is 13.2. The predicted molar refractivity (Wildman–Crippen MR) is 122 cm³/mol. The molecule has 0 heterocycles. The lowest BCUT2D eigenvalue weighted by Gasteiger charge is -2.03. The number of nitrogens with two attached hydrogens (primary N) is 1. The molecule has 0 aliphatic heterocycles. The van der Waals surface area contributed by atoms with E-state index < -0.39 is 0 Å². The summed E-state index contributed by atoms with van der Waals surface area (Å²) in [5, 5.41) is 3.11. The van der Waals surface area contributed by atoms with Gasteiger partial charge in [-0.2, -0.15) is 0 Å². The van der Waals surface area contributed by atoms with Crippen LogP contribution in [-0.2, 0) is 4.79 Å². The van der Waals surface area contributed by atoms with Crippen molar-refractivity contribution in [2.75, 3.05) is 13.1 Å². The lowest BCUT2D eigenvalue weighted by Crippen LogP contribution is -2.20. The molecule has 0 saturated carbocycles. The molecule has 0 rings (SSSR count). The monoisotopic (exact) mass is 382 g/mol. The Labute approximate surface area is 171 Å². The number of allylic oxidation sites excluding steroid dienone is 2. The first kappa shape index (κ1) is 28.5. The molecule has 3 N–H and O–H groups in total. The number of carbonyl (C=O) groups excluding carboxylic acids is 1. The van der Waals surface area contributed by atoms with Crippen LogP contribution in [0.15, 0.2) is 12.2 Å². The largest absolute Gasteiger partial charge is 0.322 e. The Kier molecular flexibility index (Phi) is 29.1. The summed E-state index contributed by atoms with van der Waals surface area (Å²) in [6.07, 6.45) is 24.9. The quantitative estimate of drug-likeness (QED) is 0.151. The molecule has 0 radical (unpaired) electrons. The van der Waals surface area contributed by atoms with Crippen molar-refractivity contribution in [3.05, 3.63) is 12.2 Å². The number of hydrogen-bond acceptors (Lipinski definition) is 3. The van der Waals surface area contributed by atoms with Crippen molar-refractivity contribution in [3.63, 3.8) is 0 Å². The molecule has 0 aromatic rings. The second kappa shape index (κ2) is 27.5. The third-order valence-electron chi connectivity index (χ3n) is 4.72. The third kappa shape index (κ3) is 30.3. The average Bonchev–Trinajstić information content (AvgIpc) is 2.68. The SMILES string of the molecule is CCCCCCCC/C=C\CCCCCCCCC(N)C=O.CCNCC. The Balaban J connectivity index is 0. The van der Waals surface area contributed by atoms with Gasteiger partial charge in [-0.15, -0.1) is 0 Å². The molecule has 0 aromatic carbocycles. The van der Waals surface area contributed by atoms with Crippen molar-refractivity contribution < 1.29 is 4.79 Å². The van der Waals surface area contributed by atoms with Crippen LogP contribution in [0, 0.1) is 0 Å². The van der Waals surface area contributed by atoms with Crippen LogP contribution < -0.4 is 11.1 Å². The minimum absolute atomic E-state index is 0.239. The molecule has 0 amide bonds. The fourth-order valence-electron chi connectivity index (χ4n) is 2.95. The highest BCUT2D eigenvalue weighted by Gasteiger charge is 1.98. The fraction of sp³-hybridized carbons (Fsp3) is 0.875. The maximum atomic E-state index is 10.4. The number of aldehydes is 1. The van der Waals surface area contributed by atoms with Crippen LogP contribution in [0.5, 0.6) is 0 Å². The summed E-state index contributed by atoms with van der Waals surface area (Å²) in [6, 6.07) is -0.239. The van der Waals surface area contributed by atoms with E-state index >= 15 is 0 Å². The summed E-state index contributed by atoms with van der Waals surface area (Å²) in [5.41, 5.74) is 5.56. The number of rotatable bonds is 19. The molecule has 1 unspecified atom stereocenters. The van der Waals surface area contributed by atoms with E-state index in [1.807, 2.05) is 0 Å². The van der Waals surface area contributed by atoms with Gasteiger partial charge in [0.05, 0.1) is 6.04 Å². The highest BCUT2D eigenvalue weighted by atomic mass is 16.1. The Morgan fingerprint density at radius 1 is 0.704 bits per heavy atom. The topological polar surface area (TPSA) is 55.1 Å². The van der Waals surface area contributed by atoms with Crippen molar-refractivity contribution in [2.45, 2.75) is 123 Å². The van der Waals surface area contributed by atoms with Crippen molar-refractivity contribution in [1.29, 1.82) is 0 Å². The van der Waals surface area contributed by atoms with Crippen molar-refractivity contribution in [1.82, 2.24) is 5.32 Å². The zero-order valence-electron chi connectivity index (χ0n) is 18.8. The molecule has 0 aromatic heterocycles. The Hall–Kier alpha value is -0.670. The van der Waals surface area contributed by atoms with Gasteiger partial charge < -0.3 is 15.8 Å². The third-order valence-corrected chi connectivity index (χ3v) is 4.72. The smallest absolute Gasteiger partial charge is 0.136 e. The van der Waals surface area contributed by atoms with E-state index in [4.69, 9.17) is 5.73 Å². The summed E-state index contributed by atoms with van der Waals surface area (Å²) < 4.78 is 0. The van der Waals surface area contributed by atoms with Gasteiger partial charge in [0.15, 0.2) is 0 Å². The minimum Gasteiger partial charge on any atom is -0.322 e. The highest BCUT2D eigenvalue weighted by molar-refractivity contribution is 5.56. The molecule has 3 heteroatoms. The Bertz CT molecular complexity index is 290. The highest BCUT2D eigenvalue weighted by Crippen LogP contribution is 2.10. The minimum atomic E-state index is -0.239. The number of unbranched alkanes of at least 4 members (excludes halogenated alkanes) is 12. The van der Waals surface area contributed by atoms with Crippen LogP contribution in [0.3, 0.4) is 0 Å². The molecule has 0 aliphatic carbocycles. The van der Waals surface area contributed by atoms with Gasteiger partial charge in [0.2, 0.25) is 0 Å². The second-order valence-electron chi connectivity index (χ2n) is 7.48. The van der Waals surface area contributed by atoms with E-state index in [1.165, 1.54) is 83.5 Å². The standard InChI is InChI=1S/C20H39NO.C4H11N/c1-2-3-4-5-6-7-8-9-10-11-12-13-14-15-16-17-18-20(21)19-22;1-3-5-4-2/h9-10,19-20H,2-8,11-18,21H2,1H3;5H,3-4H2,1-2H3/b10-9-;. The van der Waals surface area contributed by atoms with Crippen molar-refractivity contribution in [3.8, 4) is 0 Å². The lowest BCUT2D eigenvalue weighted by molar-refractivity contribution is -0.109. The van der Waals surface area contributed by atoms with Gasteiger partial charge in [-0.1, -0.05) is 97.1 Å². The summed E-state index contributed by atoms with van der Waals surface area (Å²) >= 11 is 0. The molecule has 0 bridgehead atoms. The zero-order valence-corrected chi connectivity index (χ0v) is 18.8. The van der Waals surface area contributed by atoms with Crippen LogP contribution in [0.1, 0.15) is 117 Å². The van der Waals surface area contributed by atoms with Gasteiger partial charge in [0.25, 0.3) is 0 Å². The summed E-state index contributed by atoms with van der Waals surface area (Å²) in [6.45, 7) is 8.66. The van der Waals surface area contributed by atoms with Crippen LogP contribution in [0.2, 0.25) is 0 Å². The molecule has 0 saturated heterocycles. The van der Waals surface area contributed by atoms with Gasteiger partial charge in [-0.05, 0) is 45.2 Å². The maximum Gasteiger partial charge on any atom is 0.136 e. The Morgan fingerprint density at radius 3 is 1.56 bits per heavy atom. The Morgan fingerprint density at radius 2 is 1.15 bits per heavy atom. The van der Waals surface area contributed by atoms with Gasteiger partial charge in [-0.25, -0.2) is 0 Å². The van der Waals surface area contributed by atoms with Gasteiger partial charge in [-0.3, -0.25) is 0 Å². The molecule has 27 heavy (non-hydrogen) atoms. The lowest BCUT2D eigenvalue weighted by atomic mass is 10.1. The predicted octanol–water partition coefficient (Wildman–Crippen LogP) is 6.56. The molecule has 0 aliphatic rings. The van der Waals surface area contributed by atoms with E-state index in [-0.39, 0.29) is 6.04 Å². The van der Waals surface area contributed by atoms with Gasteiger partial charge >= 0.3 is 0 Å². The summed E-state index contributed by atoms with van der Waals surface area (Å²) in [5.74, 6) is 0. The molecule has 0 fully saturated rings. The van der Waals surface area contributed by atoms with E-state index in [9.17, 15) is 4.79 Å². The van der Waals surface area contributed by atoms with Crippen LogP contribution >= 0.6 is 0 Å². The van der Waals surface area contributed by atoms with Crippen LogP contribution in [0.25, 0.3) is 0 Å². The summed E-state index contributed by atoms with van der Waals surface area (Å²) in [7, 11) is 0. The molecule has 1 atom stereocenters. The van der Waals surface area contributed by atoms with Crippen molar-refractivity contribution in [2.24, 2.45) is 5.73 Å². The molecular weight excluding hydrogens is 332 g/mol. The number of hydrogen-bond donors (Lipinski definition) is 2. The zero-order chi connectivity index (χ0) is 20.4. The van der Waals surface area contributed by atoms with E-state index in [2.05, 4.69) is 38.2 Å². The maximum absolute atomic E-state index is 10.4. The van der Waals surface area contributed by atoms with E-state index in [1.54, 1.807) is 0 Å². The fourth-order valence-corrected chi connectivity index (χ4v) is 2.95. The molecule has 0 spiro atoms. The first-order valence-corrected chi connectivity index (χ1v) is 11.8. The van der Waals surface area contributed by atoms with Crippen molar-refractivity contribution >= 4 is 6.29 Å². The van der Waals surface area contributed by atoms with Gasteiger partial charge in [0, 0.05) is 0 Å². The second-order valence-corrected chi connectivity index (χ2v) is 7.48. The molecule has 162 valence electrons. The van der Waals surface area contributed by atoms with Gasteiger partial charge in [0.1, 0.15) is 6.29 Å². The normalized spacial score (nSPS) is 12.0. The number of carbonyl (C=O) groups is 1. The molecule has 3 nitrogen and oxygen atoms in total.